The molecule has 3 fully saturated rings. The highest BCUT2D eigenvalue weighted by molar-refractivity contribution is 5.89. The summed E-state index contributed by atoms with van der Waals surface area (Å²) in [5.74, 6) is 0.164. The van der Waals surface area contributed by atoms with Crippen LogP contribution in [0.25, 0.3) is 0 Å². The van der Waals surface area contributed by atoms with Gasteiger partial charge in [-0.25, -0.2) is 0 Å². The molecule has 2 amide bonds. The van der Waals surface area contributed by atoms with Gasteiger partial charge in [0.2, 0.25) is 11.8 Å². The van der Waals surface area contributed by atoms with E-state index in [1.54, 1.807) is 4.90 Å². The maximum atomic E-state index is 12.4. The van der Waals surface area contributed by atoms with Gasteiger partial charge in [0, 0.05) is 32.0 Å². The highest BCUT2D eigenvalue weighted by Gasteiger charge is 2.37. The molecule has 3 rings (SSSR count). The van der Waals surface area contributed by atoms with Crippen molar-refractivity contribution in [3.8, 4) is 0 Å². The van der Waals surface area contributed by atoms with Crippen LogP contribution in [0.15, 0.2) is 0 Å². The van der Waals surface area contributed by atoms with Crippen molar-refractivity contribution in [3.05, 3.63) is 0 Å². The number of nitrogens with zero attached hydrogens (tertiary/aromatic N) is 1. The van der Waals surface area contributed by atoms with Crippen LogP contribution >= 0.6 is 0 Å². The van der Waals surface area contributed by atoms with Crippen LogP contribution < -0.4 is 10.2 Å². The minimum atomic E-state index is -0.123. The van der Waals surface area contributed by atoms with Gasteiger partial charge in [0.05, 0.1) is 25.6 Å². The Balaban J connectivity index is 1.35. The Kier molecular flexibility index (Phi) is 6.52. The SMILES string of the molecule is O=C(NCCC[NH+]1CCCCC1)C1CC(=O)N(C2CCCCC2)C1. The number of carbonyl (C=O) groups is 2. The third kappa shape index (κ3) is 4.71. The fourth-order valence-corrected chi connectivity index (χ4v) is 4.65. The summed E-state index contributed by atoms with van der Waals surface area (Å²) in [4.78, 5) is 28.3. The first-order chi connectivity index (χ1) is 11.7. The number of piperidine rings is 1. The average molecular weight is 337 g/mol. The standard InChI is InChI=1S/C19H33N3O2/c23-18-14-16(15-22(18)17-8-3-1-4-9-17)19(24)20-10-7-13-21-11-5-2-6-12-21/h16-17H,1-15H2,(H,20,24)/p+1. The molecule has 3 aliphatic rings. The molecule has 0 aromatic rings. The molecule has 5 heteroatoms. The van der Waals surface area contributed by atoms with Crippen molar-refractivity contribution in [1.82, 2.24) is 10.2 Å². The Morgan fingerprint density at radius 1 is 1.08 bits per heavy atom. The Bertz CT molecular complexity index is 428. The molecule has 2 aliphatic heterocycles. The van der Waals surface area contributed by atoms with Gasteiger partial charge in [-0.15, -0.1) is 0 Å². The van der Waals surface area contributed by atoms with Crippen LogP contribution in [0.2, 0.25) is 0 Å². The molecule has 0 radical (unpaired) electrons. The number of likely N-dealkylation sites (tertiary alicyclic amines) is 2. The molecule has 1 atom stereocenters. The van der Waals surface area contributed by atoms with Crippen LogP contribution in [0.5, 0.6) is 0 Å². The van der Waals surface area contributed by atoms with Crippen molar-refractivity contribution < 1.29 is 14.5 Å². The van der Waals surface area contributed by atoms with E-state index in [1.165, 1.54) is 51.6 Å². The first-order valence-electron chi connectivity index (χ1n) is 10.1. The summed E-state index contributed by atoms with van der Waals surface area (Å²) >= 11 is 0. The van der Waals surface area contributed by atoms with Crippen LogP contribution in [0.4, 0.5) is 0 Å². The molecule has 1 unspecified atom stereocenters. The van der Waals surface area contributed by atoms with Crippen LogP contribution in [0.3, 0.4) is 0 Å². The highest BCUT2D eigenvalue weighted by atomic mass is 16.2. The summed E-state index contributed by atoms with van der Waals surface area (Å²) in [5.41, 5.74) is 0. The quantitative estimate of drug-likeness (QED) is 0.703. The Labute approximate surface area is 146 Å². The summed E-state index contributed by atoms with van der Waals surface area (Å²) in [7, 11) is 0. The predicted molar refractivity (Wildman–Crippen MR) is 93.7 cm³/mol. The smallest absolute Gasteiger partial charge is 0.225 e. The number of hydrogen-bond donors (Lipinski definition) is 2. The van der Waals surface area contributed by atoms with Gasteiger partial charge in [0.15, 0.2) is 0 Å². The van der Waals surface area contributed by atoms with Gasteiger partial charge >= 0.3 is 0 Å². The van der Waals surface area contributed by atoms with E-state index in [4.69, 9.17) is 0 Å². The molecule has 0 spiro atoms. The summed E-state index contributed by atoms with van der Waals surface area (Å²) in [6, 6.07) is 0.395. The molecule has 0 bridgehead atoms. The van der Waals surface area contributed by atoms with E-state index >= 15 is 0 Å². The second kappa shape index (κ2) is 8.84. The van der Waals surface area contributed by atoms with E-state index in [0.29, 0.717) is 19.0 Å². The van der Waals surface area contributed by atoms with E-state index in [1.807, 2.05) is 4.90 Å². The van der Waals surface area contributed by atoms with Crippen molar-refractivity contribution in [2.75, 3.05) is 32.7 Å². The summed E-state index contributed by atoms with van der Waals surface area (Å²) in [6.45, 7) is 5.16. The topological polar surface area (TPSA) is 53.9 Å². The lowest BCUT2D eigenvalue weighted by Gasteiger charge is -2.31. The molecular weight excluding hydrogens is 302 g/mol. The number of carbonyl (C=O) groups excluding carboxylic acids is 2. The zero-order valence-corrected chi connectivity index (χ0v) is 15.0. The predicted octanol–water partition coefficient (Wildman–Crippen LogP) is 0.743. The summed E-state index contributed by atoms with van der Waals surface area (Å²) in [5, 5.41) is 3.08. The van der Waals surface area contributed by atoms with E-state index in [2.05, 4.69) is 5.32 Å². The van der Waals surface area contributed by atoms with Crippen LogP contribution in [0.1, 0.15) is 64.2 Å². The van der Waals surface area contributed by atoms with Gasteiger partial charge in [-0.2, -0.15) is 0 Å². The molecule has 1 aliphatic carbocycles. The largest absolute Gasteiger partial charge is 0.356 e. The van der Waals surface area contributed by atoms with Gasteiger partial charge in [0.25, 0.3) is 0 Å². The summed E-state index contributed by atoms with van der Waals surface area (Å²) < 4.78 is 0. The van der Waals surface area contributed by atoms with E-state index in [0.717, 1.165) is 32.4 Å². The molecule has 24 heavy (non-hydrogen) atoms. The van der Waals surface area contributed by atoms with Crippen molar-refractivity contribution in [3.63, 3.8) is 0 Å². The maximum Gasteiger partial charge on any atom is 0.225 e. The van der Waals surface area contributed by atoms with Gasteiger partial charge in [-0.3, -0.25) is 9.59 Å². The zero-order valence-electron chi connectivity index (χ0n) is 15.0. The van der Waals surface area contributed by atoms with E-state index in [9.17, 15) is 9.59 Å². The second-order valence-corrected chi connectivity index (χ2v) is 7.94. The molecule has 2 heterocycles. The van der Waals surface area contributed by atoms with Crippen LogP contribution in [-0.2, 0) is 9.59 Å². The minimum absolute atomic E-state index is 0.0929. The van der Waals surface area contributed by atoms with Gasteiger partial charge < -0.3 is 15.1 Å². The fourth-order valence-electron chi connectivity index (χ4n) is 4.65. The third-order valence-corrected chi connectivity index (χ3v) is 6.11. The minimum Gasteiger partial charge on any atom is -0.356 e. The van der Waals surface area contributed by atoms with Crippen molar-refractivity contribution >= 4 is 11.8 Å². The first kappa shape index (κ1) is 17.7. The molecular formula is C19H34N3O2+. The molecule has 1 saturated carbocycles. The fraction of sp³-hybridized carbons (Fsp3) is 0.895. The molecule has 2 N–H and O–H groups in total. The van der Waals surface area contributed by atoms with Crippen molar-refractivity contribution in [1.29, 1.82) is 0 Å². The van der Waals surface area contributed by atoms with Crippen LogP contribution in [-0.4, -0.2) is 55.5 Å². The molecule has 5 nitrogen and oxygen atoms in total. The average Bonchev–Trinajstić information content (AvgIpc) is 3.02. The normalized spacial score (nSPS) is 26.8. The number of hydrogen-bond acceptors (Lipinski definition) is 2. The number of nitrogens with one attached hydrogen (secondary N) is 2. The molecule has 0 aromatic carbocycles. The van der Waals surface area contributed by atoms with E-state index < -0.39 is 0 Å². The highest BCUT2D eigenvalue weighted by Crippen LogP contribution is 2.28. The number of quaternary nitrogens is 1. The lowest BCUT2D eigenvalue weighted by atomic mass is 9.94. The third-order valence-electron chi connectivity index (χ3n) is 6.11. The lowest BCUT2D eigenvalue weighted by Crippen LogP contribution is -3.12. The lowest BCUT2D eigenvalue weighted by molar-refractivity contribution is -0.904. The Morgan fingerprint density at radius 3 is 2.54 bits per heavy atom. The molecule has 136 valence electrons. The molecule has 0 aromatic heterocycles. The van der Waals surface area contributed by atoms with Gasteiger partial charge in [-0.1, -0.05) is 19.3 Å². The zero-order chi connectivity index (χ0) is 16.8. The van der Waals surface area contributed by atoms with Gasteiger partial charge in [-0.05, 0) is 32.1 Å². The first-order valence-corrected chi connectivity index (χ1v) is 10.1. The van der Waals surface area contributed by atoms with Crippen molar-refractivity contribution in [2.24, 2.45) is 5.92 Å². The summed E-state index contributed by atoms with van der Waals surface area (Å²) in [6.07, 6.45) is 11.5. The Morgan fingerprint density at radius 2 is 1.79 bits per heavy atom. The number of amides is 2. The van der Waals surface area contributed by atoms with Gasteiger partial charge in [0.1, 0.15) is 0 Å². The number of rotatable bonds is 6. The Hall–Kier alpha value is -1.10. The van der Waals surface area contributed by atoms with Crippen LogP contribution in [0, 0.1) is 5.92 Å². The monoisotopic (exact) mass is 336 g/mol. The van der Waals surface area contributed by atoms with Crippen molar-refractivity contribution in [2.45, 2.75) is 70.3 Å². The molecule has 2 saturated heterocycles. The maximum absolute atomic E-state index is 12.4. The second-order valence-electron chi connectivity index (χ2n) is 7.94. The van der Waals surface area contributed by atoms with E-state index in [-0.39, 0.29) is 17.7 Å².